The number of nitriles is 1. The number of halogens is 4. The van der Waals surface area contributed by atoms with Gasteiger partial charge in [-0.2, -0.15) is 23.5 Å². The first-order valence-corrected chi connectivity index (χ1v) is 10.9. The molecule has 0 saturated heterocycles. The Hall–Kier alpha value is -3.43. The third kappa shape index (κ3) is 7.30. The van der Waals surface area contributed by atoms with Gasteiger partial charge in [0.15, 0.2) is 11.7 Å². The second kappa shape index (κ2) is 10.9. The van der Waals surface area contributed by atoms with Crippen LogP contribution in [0.5, 0.6) is 5.75 Å². The smallest absolute Gasteiger partial charge is 0.416 e. The zero-order chi connectivity index (χ0) is 23.8. The molecule has 7 nitrogen and oxygen atoms in total. The first-order valence-electron chi connectivity index (χ1n) is 9.24. The van der Waals surface area contributed by atoms with Gasteiger partial charge < -0.3 is 10.1 Å². The van der Waals surface area contributed by atoms with Gasteiger partial charge in [0.05, 0.1) is 28.4 Å². The second-order valence-corrected chi connectivity index (χ2v) is 8.17. The second-order valence-electron chi connectivity index (χ2n) is 6.45. The molecule has 33 heavy (non-hydrogen) atoms. The van der Waals surface area contributed by atoms with E-state index in [1.54, 1.807) is 23.6 Å². The highest BCUT2D eigenvalue weighted by Gasteiger charge is 2.30. The summed E-state index contributed by atoms with van der Waals surface area (Å²) in [6.45, 7) is -0.0735. The van der Waals surface area contributed by atoms with Gasteiger partial charge in [0.2, 0.25) is 5.91 Å². The lowest BCUT2D eigenvalue weighted by Crippen LogP contribution is -2.19. The number of alkyl halides is 3. The molecule has 0 aliphatic carbocycles. The van der Waals surface area contributed by atoms with Crippen molar-refractivity contribution in [3.63, 3.8) is 0 Å². The molecular weight excluding hydrogens is 523 g/mol. The number of rotatable bonds is 8. The van der Waals surface area contributed by atoms with Gasteiger partial charge in [-0.25, -0.2) is 10.4 Å². The summed E-state index contributed by atoms with van der Waals surface area (Å²) in [5.74, 6) is 0.103. The first kappa shape index (κ1) is 24.2. The van der Waals surface area contributed by atoms with E-state index in [0.717, 1.165) is 12.1 Å². The van der Waals surface area contributed by atoms with E-state index in [1.165, 1.54) is 29.7 Å². The normalized spacial score (nSPS) is 11.2. The maximum absolute atomic E-state index is 12.8. The van der Waals surface area contributed by atoms with Crippen molar-refractivity contribution in [3.05, 3.63) is 69.1 Å². The average Bonchev–Trinajstić information content (AvgIpc) is 3.19. The molecule has 170 valence electrons. The fraction of sp³-hybridized carbons (Fsp3) is 0.143. The summed E-state index contributed by atoms with van der Waals surface area (Å²) in [7, 11) is 0. The van der Waals surface area contributed by atoms with Gasteiger partial charge in [-0.1, -0.05) is 6.07 Å². The molecule has 0 aliphatic heterocycles. The van der Waals surface area contributed by atoms with Crippen molar-refractivity contribution in [3.8, 4) is 11.8 Å². The fourth-order valence-corrected chi connectivity index (χ4v) is 3.79. The number of hydrogen-bond acceptors (Lipinski definition) is 7. The highest BCUT2D eigenvalue weighted by Crippen LogP contribution is 2.32. The molecule has 1 amide bonds. The van der Waals surface area contributed by atoms with Crippen LogP contribution in [0.25, 0.3) is 0 Å². The Balaban J connectivity index is 1.53. The molecule has 3 rings (SSSR count). The van der Waals surface area contributed by atoms with E-state index >= 15 is 0 Å². The standard InChI is InChI=1S/C21H15BrF3N5O2S/c22-17-8-13(4-5-18(17)32-7-6-26)11-27-30-19(31)10-16-12-33-20(29-16)28-15-3-1-2-14(9-15)21(23,24)25/h1-5,8-9,11-12H,7,10H2,(H,28,29)(H,30,31)/b27-11-. The van der Waals surface area contributed by atoms with Crippen molar-refractivity contribution in [2.24, 2.45) is 5.10 Å². The van der Waals surface area contributed by atoms with Gasteiger partial charge in [-0.3, -0.25) is 4.79 Å². The Morgan fingerprint density at radius 3 is 2.85 bits per heavy atom. The van der Waals surface area contributed by atoms with Crippen LogP contribution in [-0.2, 0) is 17.4 Å². The molecule has 12 heteroatoms. The van der Waals surface area contributed by atoms with Crippen LogP contribution >= 0.6 is 27.3 Å². The van der Waals surface area contributed by atoms with Crippen molar-refractivity contribution in [1.82, 2.24) is 10.4 Å². The molecule has 0 saturated carbocycles. The van der Waals surface area contributed by atoms with Gasteiger partial charge in [0.25, 0.3) is 0 Å². The summed E-state index contributed by atoms with van der Waals surface area (Å²) in [5.41, 5.74) is 3.01. The summed E-state index contributed by atoms with van der Waals surface area (Å²) in [6.07, 6.45) is -3.05. The Morgan fingerprint density at radius 1 is 1.30 bits per heavy atom. The van der Waals surface area contributed by atoms with Gasteiger partial charge in [-0.15, -0.1) is 11.3 Å². The lowest BCUT2D eigenvalue weighted by Gasteiger charge is -2.08. The third-order valence-electron chi connectivity index (χ3n) is 3.99. The maximum atomic E-state index is 12.8. The number of nitrogens with zero attached hydrogens (tertiary/aromatic N) is 3. The number of ether oxygens (including phenoxy) is 1. The van der Waals surface area contributed by atoms with Crippen LogP contribution in [0.1, 0.15) is 16.8 Å². The van der Waals surface area contributed by atoms with Crippen LogP contribution in [-0.4, -0.2) is 23.7 Å². The number of carbonyl (C=O) groups excluding carboxylic acids is 1. The minimum Gasteiger partial charge on any atom is -0.478 e. The van der Waals surface area contributed by atoms with Crippen molar-refractivity contribution >= 4 is 50.2 Å². The predicted molar refractivity (Wildman–Crippen MR) is 122 cm³/mol. The zero-order valence-electron chi connectivity index (χ0n) is 16.7. The first-order chi connectivity index (χ1) is 15.7. The molecule has 0 atom stereocenters. The SMILES string of the molecule is N#CCOc1ccc(/C=N\NC(=O)Cc2csc(Nc3cccc(C(F)(F)F)c3)n2)cc1Br. The Labute approximate surface area is 199 Å². The third-order valence-corrected chi connectivity index (χ3v) is 5.41. The number of hydrazone groups is 1. The Kier molecular flexibility index (Phi) is 8.02. The lowest BCUT2D eigenvalue weighted by atomic mass is 10.2. The summed E-state index contributed by atoms with van der Waals surface area (Å²) >= 11 is 4.50. The number of hydrogen-bond donors (Lipinski definition) is 2. The quantitative estimate of drug-likeness (QED) is 0.301. The number of nitrogens with one attached hydrogen (secondary N) is 2. The Bertz CT molecular complexity index is 1210. The van der Waals surface area contributed by atoms with E-state index in [1.807, 2.05) is 6.07 Å². The molecule has 0 aliphatic rings. The van der Waals surface area contributed by atoms with Gasteiger partial charge in [0, 0.05) is 11.1 Å². The molecule has 0 fully saturated rings. The van der Waals surface area contributed by atoms with Crippen molar-refractivity contribution in [2.75, 3.05) is 11.9 Å². The van der Waals surface area contributed by atoms with Crippen LogP contribution in [0.15, 0.2) is 57.4 Å². The predicted octanol–water partition coefficient (Wildman–Crippen LogP) is 5.26. The highest BCUT2D eigenvalue weighted by atomic mass is 79.9. The van der Waals surface area contributed by atoms with Gasteiger partial charge in [-0.05, 0) is 57.9 Å². The van der Waals surface area contributed by atoms with E-state index in [0.29, 0.717) is 26.6 Å². The minimum atomic E-state index is -4.44. The summed E-state index contributed by atoms with van der Waals surface area (Å²) in [5, 5.41) is 17.3. The van der Waals surface area contributed by atoms with E-state index in [-0.39, 0.29) is 18.7 Å². The van der Waals surface area contributed by atoms with Crippen molar-refractivity contribution in [2.45, 2.75) is 12.6 Å². The number of aromatic nitrogens is 1. The average molecular weight is 538 g/mol. The van der Waals surface area contributed by atoms with Crippen molar-refractivity contribution in [1.29, 1.82) is 5.26 Å². The molecule has 1 aromatic heterocycles. The molecule has 2 N–H and O–H groups in total. The summed E-state index contributed by atoms with van der Waals surface area (Å²) < 4.78 is 44.4. The molecule has 0 radical (unpaired) electrons. The molecule has 0 unspecified atom stereocenters. The van der Waals surface area contributed by atoms with Crippen LogP contribution in [0.4, 0.5) is 24.0 Å². The van der Waals surface area contributed by atoms with E-state index < -0.39 is 17.6 Å². The topological polar surface area (TPSA) is 99.4 Å². The summed E-state index contributed by atoms with van der Waals surface area (Å²) in [6, 6.07) is 11.7. The zero-order valence-corrected chi connectivity index (χ0v) is 19.1. The lowest BCUT2D eigenvalue weighted by molar-refractivity contribution is -0.137. The minimum absolute atomic E-state index is 0.0528. The van der Waals surface area contributed by atoms with Crippen LogP contribution in [0.3, 0.4) is 0 Å². The maximum Gasteiger partial charge on any atom is 0.416 e. The van der Waals surface area contributed by atoms with Gasteiger partial charge in [0.1, 0.15) is 11.8 Å². The Morgan fingerprint density at radius 2 is 2.12 bits per heavy atom. The molecule has 0 spiro atoms. The number of benzene rings is 2. The monoisotopic (exact) mass is 537 g/mol. The molecular formula is C21H15BrF3N5O2S. The van der Waals surface area contributed by atoms with E-state index in [9.17, 15) is 18.0 Å². The van der Waals surface area contributed by atoms with E-state index in [2.05, 4.69) is 36.8 Å². The molecule has 1 heterocycles. The van der Waals surface area contributed by atoms with Crippen molar-refractivity contribution < 1.29 is 22.7 Å². The molecule has 2 aromatic carbocycles. The largest absolute Gasteiger partial charge is 0.478 e. The number of amides is 1. The number of carbonyl (C=O) groups is 1. The molecule has 3 aromatic rings. The van der Waals surface area contributed by atoms with E-state index in [4.69, 9.17) is 10.00 Å². The van der Waals surface area contributed by atoms with Crippen LogP contribution in [0.2, 0.25) is 0 Å². The van der Waals surface area contributed by atoms with Crippen LogP contribution < -0.4 is 15.5 Å². The van der Waals surface area contributed by atoms with Gasteiger partial charge >= 0.3 is 6.18 Å². The van der Waals surface area contributed by atoms with Crippen LogP contribution in [0, 0.1) is 11.3 Å². The number of thiazole rings is 1. The molecule has 0 bridgehead atoms. The number of anilines is 2. The fourth-order valence-electron chi connectivity index (χ4n) is 2.55. The summed E-state index contributed by atoms with van der Waals surface area (Å²) in [4.78, 5) is 16.3. The highest BCUT2D eigenvalue weighted by molar-refractivity contribution is 9.10.